The van der Waals surface area contributed by atoms with Crippen molar-refractivity contribution in [3.8, 4) is 16.9 Å². The number of alkyl halides is 3. The fraction of sp³-hybridized carbons (Fsp3) is 0.447. The molecule has 7 rings (SSSR count). The number of nitrogens with zero attached hydrogens (tertiary/aromatic N) is 3. The highest BCUT2D eigenvalue weighted by molar-refractivity contribution is 5.96. The van der Waals surface area contributed by atoms with Crippen molar-refractivity contribution in [2.75, 3.05) is 19.6 Å². The number of nitrogens with one attached hydrogen (secondary N) is 1. The van der Waals surface area contributed by atoms with Gasteiger partial charge in [-0.2, -0.15) is 0 Å². The molecule has 0 aliphatic carbocycles. The molecular formula is C38H42F4N4O2. The van der Waals surface area contributed by atoms with Crippen LogP contribution in [0.5, 0.6) is 5.75 Å². The Kier molecular flexibility index (Phi) is 9.58. The summed E-state index contributed by atoms with van der Waals surface area (Å²) < 4.78 is 59.1. The second kappa shape index (κ2) is 14.0. The molecule has 3 atom stereocenters. The van der Waals surface area contributed by atoms with Gasteiger partial charge in [0.2, 0.25) is 0 Å². The van der Waals surface area contributed by atoms with E-state index in [4.69, 9.17) is 0 Å². The first-order valence-electron chi connectivity index (χ1n) is 17.2. The number of piperazine rings is 1. The number of halogens is 4. The van der Waals surface area contributed by atoms with E-state index in [9.17, 15) is 22.4 Å². The standard InChI is InChI=1S/C38H42F4N4O2/c39-34-8-2-1-7-28(34)22-46-24-29-20-30(46)23-45(29)21-26-11-16-36-32(19-26)33(27-12-14-31(15-13-27)48-38(40,41)42)25-44(36)18-6-4-10-37(47)35-9-3-5-17-43-35/h1-2,7-8,11-16,19,25,29-30,35,43H,3-6,9-10,17-18,20-24H2. The lowest BCUT2D eigenvalue weighted by Crippen LogP contribution is -2.45. The van der Waals surface area contributed by atoms with E-state index in [1.54, 1.807) is 18.2 Å². The molecule has 6 nitrogen and oxygen atoms in total. The Hall–Kier alpha value is -3.73. The minimum Gasteiger partial charge on any atom is -0.406 e. The predicted molar refractivity (Wildman–Crippen MR) is 178 cm³/mol. The molecule has 3 fully saturated rings. The Labute approximate surface area is 278 Å². The van der Waals surface area contributed by atoms with Crippen LogP contribution in [0.4, 0.5) is 17.6 Å². The normalized spacial score (nSPS) is 21.7. The highest BCUT2D eigenvalue weighted by atomic mass is 19.4. The molecule has 0 amide bonds. The van der Waals surface area contributed by atoms with Crippen molar-refractivity contribution in [2.45, 2.75) is 89.1 Å². The zero-order valence-electron chi connectivity index (χ0n) is 27.0. The Morgan fingerprint density at radius 1 is 0.917 bits per heavy atom. The number of hydrogen-bond donors (Lipinski definition) is 1. The SMILES string of the molecule is O=C(CCCCn1cc(-c2ccc(OC(F)(F)F)cc2)c2cc(CN3CC4CC3CN4Cc3ccccc3F)ccc21)C1CCCCN1. The molecule has 3 aromatic carbocycles. The number of aromatic nitrogens is 1. The van der Waals surface area contributed by atoms with Gasteiger partial charge in [-0.15, -0.1) is 13.2 Å². The number of hydrogen-bond acceptors (Lipinski definition) is 5. The van der Waals surface area contributed by atoms with Crippen LogP contribution >= 0.6 is 0 Å². The second-order valence-electron chi connectivity index (χ2n) is 13.6. The van der Waals surface area contributed by atoms with Gasteiger partial charge < -0.3 is 14.6 Å². The number of fused-ring (bicyclic) bond motifs is 3. The van der Waals surface area contributed by atoms with Crippen LogP contribution in [0.1, 0.15) is 56.1 Å². The zero-order chi connectivity index (χ0) is 33.3. The van der Waals surface area contributed by atoms with Gasteiger partial charge in [-0.3, -0.25) is 14.6 Å². The first-order chi connectivity index (χ1) is 23.2. The van der Waals surface area contributed by atoms with E-state index in [1.165, 1.54) is 23.8 Å². The van der Waals surface area contributed by atoms with Crippen molar-refractivity contribution in [3.05, 3.63) is 89.9 Å². The molecule has 2 bridgehead atoms. The van der Waals surface area contributed by atoms with Gasteiger partial charge in [-0.1, -0.05) is 42.8 Å². The second-order valence-corrected chi connectivity index (χ2v) is 13.6. The van der Waals surface area contributed by atoms with Gasteiger partial charge in [0.25, 0.3) is 0 Å². The first-order valence-corrected chi connectivity index (χ1v) is 17.2. The molecule has 0 saturated carbocycles. The molecule has 1 aromatic heterocycles. The summed E-state index contributed by atoms with van der Waals surface area (Å²) in [6, 6.07) is 20.4. The summed E-state index contributed by atoms with van der Waals surface area (Å²) >= 11 is 0. The summed E-state index contributed by atoms with van der Waals surface area (Å²) in [4.78, 5) is 17.6. The maximum absolute atomic E-state index is 14.3. The summed E-state index contributed by atoms with van der Waals surface area (Å²) in [5.41, 5.74) is 4.74. The monoisotopic (exact) mass is 662 g/mol. The van der Waals surface area contributed by atoms with Crippen molar-refractivity contribution >= 4 is 16.7 Å². The number of aryl methyl sites for hydroxylation is 1. The quantitative estimate of drug-likeness (QED) is 0.125. The molecule has 4 aromatic rings. The van der Waals surface area contributed by atoms with Crippen LogP contribution in [-0.2, 0) is 24.4 Å². The van der Waals surface area contributed by atoms with Crippen molar-refractivity contribution in [1.29, 1.82) is 0 Å². The number of carbonyl (C=O) groups excluding carboxylic acids is 1. The lowest BCUT2D eigenvalue weighted by atomic mass is 9.98. The van der Waals surface area contributed by atoms with Gasteiger partial charge in [0.05, 0.1) is 6.04 Å². The molecular weight excluding hydrogens is 620 g/mol. The number of ether oxygens (including phenoxy) is 1. The van der Waals surface area contributed by atoms with Crippen molar-refractivity contribution < 1.29 is 27.1 Å². The molecule has 3 unspecified atom stereocenters. The fourth-order valence-electron chi connectivity index (χ4n) is 7.88. The molecule has 254 valence electrons. The summed E-state index contributed by atoms with van der Waals surface area (Å²) in [5, 5.41) is 4.39. The third-order valence-corrected chi connectivity index (χ3v) is 10.3. The zero-order valence-corrected chi connectivity index (χ0v) is 27.0. The van der Waals surface area contributed by atoms with Gasteiger partial charge in [0, 0.05) is 79.5 Å². The summed E-state index contributed by atoms with van der Waals surface area (Å²) in [6.45, 7) is 4.92. The highest BCUT2D eigenvalue weighted by Crippen LogP contribution is 2.36. The Morgan fingerprint density at radius 2 is 1.69 bits per heavy atom. The number of ketones is 1. The minimum absolute atomic E-state index is 0.0127. The minimum atomic E-state index is -4.75. The molecule has 3 aliphatic rings. The van der Waals surface area contributed by atoms with E-state index in [-0.39, 0.29) is 17.6 Å². The summed E-state index contributed by atoms with van der Waals surface area (Å²) in [7, 11) is 0. The number of benzene rings is 3. The Balaban J connectivity index is 1.06. The maximum Gasteiger partial charge on any atom is 0.573 e. The third-order valence-electron chi connectivity index (χ3n) is 10.3. The maximum atomic E-state index is 14.3. The molecule has 10 heteroatoms. The lowest BCUT2D eigenvalue weighted by Gasteiger charge is -2.34. The molecule has 48 heavy (non-hydrogen) atoms. The predicted octanol–water partition coefficient (Wildman–Crippen LogP) is 7.69. The van der Waals surface area contributed by atoms with Gasteiger partial charge in [-0.05, 0) is 80.1 Å². The van der Waals surface area contributed by atoms with Crippen molar-refractivity contribution in [3.63, 3.8) is 0 Å². The van der Waals surface area contributed by atoms with E-state index in [0.717, 1.165) is 98.8 Å². The van der Waals surface area contributed by atoms with Crippen LogP contribution in [0.3, 0.4) is 0 Å². The number of rotatable bonds is 12. The van der Waals surface area contributed by atoms with Crippen LogP contribution in [-0.4, -0.2) is 64.3 Å². The molecule has 1 N–H and O–H groups in total. The highest BCUT2D eigenvalue weighted by Gasteiger charge is 2.43. The average Bonchev–Trinajstić information content (AvgIpc) is 3.77. The molecule has 3 aliphatic heterocycles. The Bertz CT molecular complexity index is 1730. The largest absolute Gasteiger partial charge is 0.573 e. The van der Waals surface area contributed by atoms with Crippen LogP contribution in [0, 0.1) is 5.82 Å². The smallest absolute Gasteiger partial charge is 0.406 e. The van der Waals surface area contributed by atoms with Crippen molar-refractivity contribution in [1.82, 2.24) is 19.7 Å². The summed E-state index contributed by atoms with van der Waals surface area (Å²) in [6.07, 6.45) is 3.77. The third kappa shape index (κ3) is 7.46. The topological polar surface area (TPSA) is 49.7 Å². The fourth-order valence-corrected chi connectivity index (χ4v) is 7.88. The van der Waals surface area contributed by atoms with E-state index in [0.29, 0.717) is 30.8 Å². The molecule has 3 saturated heterocycles. The van der Waals surface area contributed by atoms with Gasteiger partial charge in [0.1, 0.15) is 17.3 Å². The number of Topliss-reactive ketones (excluding diaryl/α,β-unsaturated/α-hetero) is 1. The Morgan fingerprint density at radius 3 is 2.40 bits per heavy atom. The summed E-state index contributed by atoms with van der Waals surface area (Å²) in [5.74, 6) is -0.105. The van der Waals surface area contributed by atoms with Crippen LogP contribution < -0.4 is 10.1 Å². The average molecular weight is 663 g/mol. The molecule has 0 spiro atoms. The molecule has 4 heterocycles. The van der Waals surface area contributed by atoms with Crippen LogP contribution in [0.15, 0.2) is 72.9 Å². The van der Waals surface area contributed by atoms with Crippen molar-refractivity contribution in [2.24, 2.45) is 0 Å². The van der Waals surface area contributed by atoms with Crippen LogP contribution in [0.25, 0.3) is 22.0 Å². The molecule has 0 radical (unpaired) electrons. The van der Waals surface area contributed by atoms with E-state index in [1.807, 2.05) is 12.1 Å². The number of carbonyl (C=O) groups is 1. The number of likely N-dealkylation sites (tertiary alicyclic amines) is 2. The van der Waals surface area contributed by atoms with E-state index < -0.39 is 6.36 Å². The van der Waals surface area contributed by atoms with Crippen LogP contribution in [0.2, 0.25) is 0 Å². The lowest BCUT2D eigenvalue weighted by molar-refractivity contribution is -0.274. The van der Waals surface area contributed by atoms with Gasteiger partial charge in [-0.25, -0.2) is 4.39 Å². The van der Waals surface area contributed by atoms with E-state index >= 15 is 0 Å². The van der Waals surface area contributed by atoms with Gasteiger partial charge in [0.15, 0.2) is 0 Å². The van der Waals surface area contributed by atoms with E-state index in [2.05, 4.69) is 48.8 Å². The number of unbranched alkanes of at least 4 members (excludes halogenated alkanes) is 1. The number of piperidine rings is 1. The van der Waals surface area contributed by atoms with Gasteiger partial charge >= 0.3 is 6.36 Å². The first kappa shape index (κ1) is 32.8.